The summed E-state index contributed by atoms with van der Waals surface area (Å²) >= 11 is 0. The van der Waals surface area contributed by atoms with Crippen LogP contribution in [0.3, 0.4) is 0 Å². The maximum Gasteiger partial charge on any atom is 0.322 e. The molecule has 0 atom stereocenters. The van der Waals surface area contributed by atoms with Crippen LogP contribution in [0.5, 0.6) is 0 Å². The number of hydrogen-bond acceptors (Lipinski definition) is 3. The van der Waals surface area contributed by atoms with E-state index < -0.39 is 30.1 Å². The van der Waals surface area contributed by atoms with Crippen molar-refractivity contribution in [3.05, 3.63) is 35.1 Å². The number of halogens is 1. The molecule has 7 heteroatoms. The molecule has 102 valence electrons. The zero-order chi connectivity index (χ0) is 14.4. The number of amides is 2. The molecule has 0 heterocycles. The van der Waals surface area contributed by atoms with Crippen molar-refractivity contribution >= 4 is 17.8 Å². The quantitative estimate of drug-likeness (QED) is 0.704. The van der Waals surface area contributed by atoms with Crippen LogP contribution in [-0.4, -0.2) is 36.0 Å². The van der Waals surface area contributed by atoms with Crippen molar-refractivity contribution in [2.75, 3.05) is 13.1 Å². The number of carbonyl (C=O) groups is 3. The van der Waals surface area contributed by atoms with E-state index in [4.69, 9.17) is 5.11 Å². The fourth-order valence-electron chi connectivity index (χ4n) is 1.37. The largest absolute Gasteiger partial charge is 0.480 e. The summed E-state index contributed by atoms with van der Waals surface area (Å²) < 4.78 is 13.1. The van der Waals surface area contributed by atoms with E-state index in [0.29, 0.717) is 5.56 Å². The van der Waals surface area contributed by atoms with E-state index in [9.17, 15) is 18.8 Å². The zero-order valence-corrected chi connectivity index (χ0v) is 10.2. The highest BCUT2D eigenvalue weighted by Gasteiger charge is 2.10. The number of aliphatic carboxylic acids is 1. The van der Waals surface area contributed by atoms with Gasteiger partial charge in [-0.15, -0.1) is 0 Å². The summed E-state index contributed by atoms with van der Waals surface area (Å²) in [6.45, 7) is 0.745. The summed E-state index contributed by atoms with van der Waals surface area (Å²) in [5.74, 6) is -2.96. The molecule has 0 fully saturated rings. The summed E-state index contributed by atoms with van der Waals surface area (Å²) in [6, 6.07) is 3.81. The molecule has 0 aliphatic rings. The lowest BCUT2D eigenvalue weighted by molar-refractivity contribution is -0.137. The molecule has 0 aliphatic carbocycles. The van der Waals surface area contributed by atoms with E-state index >= 15 is 0 Å². The van der Waals surface area contributed by atoms with Crippen molar-refractivity contribution < 1.29 is 23.9 Å². The first-order valence-electron chi connectivity index (χ1n) is 5.42. The van der Waals surface area contributed by atoms with E-state index in [-0.39, 0.29) is 12.1 Å². The molecule has 1 aromatic rings. The smallest absolute Gasteiger partial charge is 0.322 e. The summed E-state index contributed by atoms with van der Waals surface area (Å²) in [5.41, 5.74) is 0.684. The third-order valence-electron chi connectivity index (χ3n) is 2.15. The Bertz CT molecular complexity index is 496. The van der Waals surface area contributed by atoms with Crippen molar-refractivity contribution in [1.29, 1.82) is 0 Å². The van der Waals surface area contributed by atoms with Crippen LogP contribution in [0, 0.1) is 12.7 Å². The molecular weight excluding hydrogens is 255 g/mol. The van der Waals surface area contributed by atoms with Crippen molar-refractivity contribution in [3.8, 4) is 0 Å². The zero-order valence-electron chi connectivity index (χ0n) is 10.2. The highest BCUT2D eigenvalue weighted by molar-refractivity contribution is 5.96. The summed E-state index contributed by atoms with van der Waals surface area (Å²) in [4.78, 5) is 33.0. The lowest BCUT2D eigenvalue weighted by atomic mass is 10.1. The first-order valence-corrected chi connectivity index (χ1v) is 5.42. The number of nitrogens with one attached hydrogen (secondary N) is 2. The van der Waals surface area contributed by atoms with Crippen molar-refractivity contribution in [2.45, 2.75) is 6.92 Å². The van der Waals surface area contributed by atoms with Crippen LogP contribution in [-0.2, 0) is 9.59 Å². The van der Waals surface area contributed by atoms with E-state index in [1.54, 1.807) is 6.92 Å². The first kappa shape index (κ1) is 14.6. The Labute approximate surface area is 108 Å². The molecule has 0 spiro atoms. The van der Waals surface area contributed by atoms with Gasteiger partial charge in [0, 0.05) is 5.56 Å². The van der Waals surface area contributed by atoms with Crippen molar-refractivity contribution in [1.82, 2.24) is 10.6 Å². The predicted molar refractivity (Wildman–Crippen MR) is 64.1 cm³/mol. The molecule has 0 saturated heterocycles. The Morgan fingerprint density at radius 1 is 1.16 bits per heavy atom. The maximum absolute atomic E-state index is 13.1. The summed E-state index contributed by atoms with van der Waals surface area (Å²) in [5, 5.41) is 12.7. The van der Waals surface area contributed by atoms with E-state index in [1.165, 1.54) is 12.1 Å². The number of carbonyl (C=O) groups excluding carboxylic acids is 2. The van der Waals surface area contributed by atoms with Gasteiger partial charge in [0.2, 0.25) is 5.91 Å². The average molecular weight is 268 g/mol. The highest BCUT2D eigenvalue weighted by Crippen LogP contribution is 2.07. The molecule has 0 aliphatic heterocycles. The molecule has 2 amide bonds. The van der Waals surface area contributed by atoms with Crippen molar-refractivity contribution in [2.24, 2.45) is 0 Å². The summed E-state index contributed by atoms with van der Waals surface area (Å²) in [6.07, 6.45) is 0. The fraction of sp³-hybridized carbons (Fsp3) is 0.250. The van der Waals surface area contributed by atoms with Gasteiger partial charge in [0.25, 0.3) is 5.91 Å². The monoisotopic (exact) mass is 268 g/mol. The van der Waals surface area contributed by atoms with Gasteiger partial charge in [0.05, 0.1) is 6.54 Å². The van der Waals surface area contributed by atoms with E-state index in [1.807, 2.05) is 0 Å². The molecule has 0 saturated carbocycles. The van der Waals surface area contributed by atoms with Gasteiger partial charge in [-0.25, -0.2) is 4.39 Å². The Kier molecular flexibility index (Phi) is 4.99. The van der Waals surface area contributed by atoms with Crippen LogP contribution in [0.4, 0.5) is 4.39 Å². The second-order valence-electron chi connectivity index (χ2n) is 3.87. The number of benzene rings is 1. The Morgan fingerprint density at radius 2 is 1.84 bits per heavy atom. The molecule has 0 aromatic heterocycles. The minimum Gasteiger partial charge on any atom is -0.480 e. The topological polar surface area (TPSA) is 95.5 Å². The molecule has 0 unspecified atom stereocenters. The second-order valence-corrected chi connectivity index (χ2v) is 3.87. The average Bonchev–Trinajstić information content (AvgIpc) is 2.32. The van der Waals surface area contributed by atoms with E-state index in [2.05, 4.69) is 10.6 Å². The molecular formula is C12H13FN2O4. The minimum absolute atomic E-state index is 0.100. The van der Waals surface area contributed by atoms with Gasteiger partial charge >= 0.3 is 5.97 Å². The van der Waals surface area contributed by atoms with Gasteiger partial charge in [-0.2, -0.15) is 0 Å². The normalized spacial score (nSPS) is 9.79. The minimum atomic E-state index is -1.18. The molecule has 6 nitrogen and oxygen atoms in total. The van der Waals surface area contributed by atoms with Gasteiger partial charge in [0.1, 0.15) is 12.4 Å². The third-order valence-corrected chi connectivity index (χ3v) is 2.15. The second kappa shape index (κ2) is 6.48. The van der Waals surface area contributed by atoms with Crippen LogP contribution in [0.15, 0.2) is 18.2 Å². The SMILES string of the molecule is Cc1cc(F)cc(C(=O)NCC(=O)NCC(=O)O)c1. The first-order chi connectivity index (χ1) is 8.88. The lowest BCUT2D eigenvalue weighted by Gasteiger charge is -2.06. The lowest BCUT2D eigenvalue weighted by Crippen LogP contribution is -2.39. The van der Waals surface area contributed by atoms with Gasteiger partial charge in [-0.05, 0) is 30.7 Å². The number of hydrogen-bond donors (Lipinski definition) is 3. The number of carboxylic acid groups (broad SMARTS) is 1. The molecule has 19 heavy (non-hydrogen) atoms. The van der Waals surface area contributed by atoms with Crippen LogP contribution in [0.1, 0.15) is 15.9 Å². The Balaban J connectivity index is 2.51. The van der Waals surface area contributed by atoms with Crippen LogP contribution in [0.2, 0.25) is 0 Å². The number of rotatable bonds is 5. The van der Waals surface area contributed by atoms with Gasteiger partial charge in [-0.1, -0.05) is 0 Å². The summed E-state index contributed by atoms with van der Waals surface area (Å²) in [7, 11) is 0. The standard InChI is InChI=1S/C12H13FN2O4/c1-7-2-8(4-9(13)3-7)12(19)15-5-10(16)14-6-11(17)18/h2-4H,5-6H2,1H3,(H,14,16)(H,15,19)(H,17,18). The Hall–Kier alpha value is -2.44. The van der Waals surface area contributed by atoms with Crippen LogP contribution < -0.4 is 10.6 Å². The van der Waals surface area contributed by atoms with E-state index in [0.717, 1.165) is 6.07 Å². The molecule has 0 radical (unpaired) electrons. The third kappa shape index (κ3) is 5.15. The van der Waals surface area contributed by atoms with Gasteiger partial charge in [0.15, 0.2) is 0 Å². The van der Waals surface area contributed by atoms with Crippen LogP contribution >= 0.6 is 0 Å². The van der Waals surface area contributed by atoms with Crippen LogP contribution in [0.25, 0.3) is 0 Å². The van der Waals surface area contributed by atoms with Gasteiger partial charge < -0.3 is 15.7 Å². The molecule has 1 aromatic carbocycles. The highest BCUT2D eigenvalue weighted by atomic mass is 19.1. The molecule has 1 rings (SSSR count). The number of aryl methyl sites for hydroxylation is 1. The van der Waals surface area contributed by atoms with Crippen molar-refractivity contribution in [3.63, 3.8) is 0 Å². The maximum atomic E-state index is 13.1. The Morgan fingerprint density at radius 3 is 2.42 bits per heavy atom. The molecule has 3 N–H and O–H groups in total. The fourth-order valence-corrected chi connectivity index (χ4v) is 1.37. The number of carboxylic acids is 1. The van der Waals surface area contributed by atoms with Gasteiger partial charge in [-0.3, -0.25) is 14.4 Å². The predicted octanol–water partition coefficient (Wildman–Crippen LogP) is 0.0647. The molecule has 0 bridgehead atoms.